The van der Waals surface area contributed by atoms with E-state index in [2.05, 4.69) is 6.92 Å². The Balaban J connectivity index is 2.48. The Morgan fingerprint density at radius 2 is 2.43 bits per heavy atom. The zero-order chi connectivity index (χ0) is 5.28. The summed E-state index contributed by atoms with van der Waals surface area (Å²) in [5.74, 6) is 0.745. The molecule has 0 aromatic rings. The molecule has 1 atom stereocenters. The lowest BCUT2D eigenvalue weighted by molar-refractivity contribution is 0.731. The molecular weight excluding hydrogens is 104 g/mol. The molecule has 1 aliphatic carbocycles. The van der Waals surface area contributed by atoms with E-state index in [0.717, 1.165) is 5.92 Å². The highest BCUT2D eigenvalue weighted by Crippen LogP contribution is 2.21. The molecule has 0 radical (unpaired) electrons. The van der Waals surface area contributed by atoms with Crippen LogP contribution in [-0.2, 0) is 0 Å². The molecule has 0 spiro atoms. The van der Waals surface area contributed by atoms with E-state index in [9.17, 15) is 0 Å². The van der Waals surface area contributed by atoms with Gasteiger partial charge in [0.05, 0.1) is 0 Å². The quantitative estimate of drug-likeness (QED) is 0.435. The number of thiocarbonyl (C=S) groups is 1. The van der Waals surface area contributed by atoms with Crippen molar-refractivity contribution < 1.29 is 0 Å². The average Bonchev–Trinajstić information content (AvgIpc) is 1.91. The summed E-state index contributed by atoms with van der Waals surface area (Å²) in [7, 11) is 0. The summed E-state index contributed by atoms with van der Waals surface area (Å²) >= 11 is 5.04. The molecule has 0 aromatic heterocycles. The summed E-state index contributed by atoms with van der Waals surface area (Å²) in [4.78, 5) is 1.29. The Morgan fingerprint density at radius 3 is 2.57 bits per heavy atom. The van der Waals surface area contributed by atoms with Gasteiger partial charge in [0.1, 0.15) is 0 Å². The van der Waals surface area contributed by atoms with Gasteiger partial charge in [0.2, 0.25) is 0 Å². The fourth-order valence-corrected chi connectivity index (χ4v) is 1.25. The Kier molecular flexibility index (Phi) is 1.43. The van der Waals surface area contributed by atoms with E-state index < -0.39 is 0 Å². The van der Waals surface area contributed by atoms with Crippen molar-refractivity contribution in [1.29, 1.82) is 0 Å². The van der Waals surface area contributed by atoms with Crippen LogP contribution in [0.3, 0.4) is 0 Å². The third-order valence-electron chi connectivity index (χ3n) is 1.61. The first-order valence-corrected chi connectivity index (χ1v) is 3.24. The van der Waals surface area contributed by atoms with Crippen LogP contribution in [0.2, 0.25) is 0 Å². The molecule has 1 saturated carbocycles. The highest BCUT2D eigenvalue weighted by Gasteiger charge is 2.14. The van der Waals surface area contributed by atoms with E-state index in [1.165, 1.54) is 24.1 Å². The summed E-state index contributed by atoms with van der Waals surface area (Å²) in [6.07, 6.45) is 3.87. The molecule has 1 fully saturated rings. The van der Waals surface area contributed by atoms with Gasteiger partial charge >= 0.3 is 0 Å². The smallest absolute Gasteiger partial charge is 0.00433 e. The fraction of sp³-hybridized carbons (Fsp3) is 0.833. The Morgan fingerprint density at radius 1 is 1.71 bits per heavy atom. The van der Waals surface area contributed by atoms with Crippen LogP contribution >= 0.6 is 12.2 Å². The van der Waals surface area contributed by atoms with Gasteiger partial charge in [-0.1, -0.05) is 19.1 Å². The summed E-state index contributed by atoms with van der Waals surface area (Å²) < 4.78 is 0. The number of hydrogen-bond acceptors (Lipinski definition) is 1. The molecule has 1 rings (SSSR count). The molecule has 0 heterocycles. The van der Waals surface area contributed by atoms with E-state index in [0.29, 0.717) is 0 Å². The first kappa shape index (κ1) is 5.23. The summed E-state index contributed by atoms with van der Waals surface area (Å²) in [6.45, 7) is 2.22. The summed E-state index contributed by atoms with van der Waals surface area (Å²) in [5.41, 5.74) is 0. The molecule has 0 bridgehead atoms. The van der Waals surface area contributed by atoms with Crippen molar-refractivity contribution >= 4 is 17.1 Å². The molecule has 0 aliphatic heterocycles. The van der Waals surface area contributed by atoms with Crippen LogP contribution in [0.15, 0.2) is 0 Å². The average molecular weight is 114 g/mol. The van der Waals surface area contributed by atoms with Crippen molar-refractivity contribution in [1.82, 2.24) is 0 Å². The lowest BCUT2D eigenvalue weighted by Gasteiger charge is -1.94. The van der Waals surface area contributed by atoms with E-state index in [1.807, 2.05) is 0 Å². The zero-order valence-corrected chi connectivity index (χ0v) is 5.42. The molecule has 0 amide bonds. The summed E-state index contributed by atoms with van der Waals surface area (Å²) in [5, 5.41) is 0. The Hall–Kier alpha value is 0.0900. The molecule has 0 nitrogen and oxygen atoms in total. The largest absolute Gasteiger partial charge is 0.0894 e. The third-order valence-corrected chi connectivity index (χ3v) is 2.22. The van der Waals surface area contributed by atoms with Gasteiger partial charge < -0.3 is 0 Å². The van der Waals surface area contributed by atoms with Crippen LogP contribution < -0.4 is 0 Å². The van der Waals surface area contributed by atoms with Crippen molar-refractivity contribution in [2.24, 2.45) is 5.92 Å². The second-order valence-electron chi connectivity index (χ2n) is 2.26. The normalized spacial score (nSPS) is 31.6. The molecule has 1 aliphatic rings. The second-order valence-corrected chi connectivity index (χ2v) is 2.78. The Bertz CT molecular complexity index is 86.2. The molecular formula is C6H10S. The minimum Gasteiger partial charge on any atom is -0.0894 e. The van der Waals surface area contributed by atoms with Crippen LogP contribution in [-0.4, -0.2) is 4.86 Å². The minimum absolute atomic E-state index is 0.745. The number of rotatable bonds is 0. The van der Waals surface area contributed by atoms with E-state index in [1.54, 1.807) is 0 Å². The molecule has 0 aromatic carbocycles. The van der Waals surface area contributed by atoms with Crippen LogP contribution in [0.4, 0.5) is 0 Å². The number of hydrogen-bond donors (Lipinski definition) is 0. The van der Waals surface area contributed by atoms with Crippen molar-refractivity contribution in [2.75, 3.05) is 0 Å². The topological polar surface area (TPSA) is 0 Å². The second kappa shape index (κ2) is 1.91. The predicted octanol–water partition coefficient (Wildman–Crippen LogP) is 2.18. The fourth-order valence-electron chi connectivity index (χ4n) is 0.990. The first-order valence-electron chi connectivity index (χ1n) is 2.83. The maximum atomic E-state index is 5.04. The standard InChI is InChI=1S/C6H10S/c1-5-3-2-4-6(5)7/h5H,2-4H2,1H3/t5-/m0/s1. The van der Waals surface area contributed by atoms with Crippen molar-refractivity contribution in [3.05, 3.63) is 0 Å². The predicted molar refractivity (Wildman–Crippen MR) is 35.6 cm³/mol. The third kappa shape index (κ3) is 1.00. The van der Waals surface area contributed by atoms with Crippen LogP contribution in [0, 0.1) is 5.92 Å². The Labute approximate surface area is 49.9 Å². The van der Waals surface area contributed by atoms with E-state index in [4.69, 9.17) is 12.2 Å². The van der Waals surface area contributed by atoms with Crippen molar-refractivity contribution in [3.8, 4) is 0 Å². The van der Waals surface area contributed by atoms with E-state index in [-0.39, 0.29) is 0 Å². The molecule has 0 saturated heterocycles. The lowest BCUT2D eigenvalue weighted by Crippen LogP contribution is -1.95. The van der Waals surface area contributed by atoms with Gasteiger partial charge in [0.15, 0.2) is 0 Å². The van der Waals surface area contributed by atoms with Gasteiger partial charge in [-0.2, -0.15) is 0 Å². The maximum Gasteiger partial charge on any atom is -0.00433 e. The van der Waals surface area contributed by atoms with Crippen LogP contribution in [0.1, 0.15) is 26.2 Å². The van der Waals surface area contributed by atoms with Gasteiger partial charge in [-0.3, -0.25) is 0 Å². The molecule has 0 N–H and O–H groups in total. The molecule has 0 unspecified atom stereocenters. The highest BCUT2D eigenvalue weighted by molar-refractivity contribution is 7.80. The minimum atomic E-state index is 0.745. The first-order chi connectivity index (χ1) is 3.30. The lowest BCUT2D eigenvalue weighted by atomic mass is 10.1. The van der Waals surface area contributed by atoms with Gasteiger partial charge in [0, 0.05) is 0 Å². The van der Waals surface area contributed by atoms with Gasteiger partial charge in [-0.15, -0.1) is 0 Å². The summed E-state index contributed by atoms with van der Waals surface area (Å²) in [6, 6.07) is 0. The molecule has 1 heteroatoms. The zero-order valence-electron chi connectivity index (χ0n) is 4.61. The molecule has 40 valence electrons. The SMILES string of the molecule is C[C@H]1CCCC1=S. The van der Waals surface area contributed by atoms with Gasteiger partial charge in [-0.25, -0.2) is 0 Å². The monoisotopic (exact) mass is 114 g/mol. The highest BCUT2D eigenvalue weighted by atomic mass is 32.1. The maximum absolute atomic E-state index is 5.04. The van der Waals surface area contributed by atoms with E-state index >= 15 is 0 Å². The van der Waals surface area contributed by atoms with Crippen molar-refractivity contribution in [2.45, 2.75) is 26.2 Å². The molecule has 7 heavy (non-hydrogen) atoms. The van der Waals surface area contributed by atoms with Crippen LogP contribution in [0.25, 0.3) is 0 Å². The van der Waals surface area contributed by atoms with Crippen molar-refractivity contribution in [3.63, 3.8) is 0 Å². The van der Waals surface area contributed by atoms with Gasteiger partial charge in [0.25, 0.3) is 0 Å². The van der Waals surface area contributed by atoms with Gasteiger partial charge in [-0.05, 0) is 30.0 Å². The van der Waals surface area contributed by atoms with Crippen LogP contribution in [0.5, 0.6) is 0 Å².